The molecule has 2 fully saturated rings. The predicted molar refractivity (Wildman–Crippen MR) is 82.1 cm³/mol. The third kappa shape index (κ3) is 4.93. The summed E-state index contributed by atoms with van der Waals surface area (Å²) in [5.41, 5.74) is -0.527. The molecule has 1 aliphatic carbocycles. The van der Waals surface area contributed by atoms with Crippen LogP contribution in [0.15, 0.2) is 0 Å². The van der Waals surface area contributed by atoms with Gasteiger partial charge in [-0.15, -0.1) is 0 Å². The van der Waals surface area contributed by atoms with E-state index in [1.165, 1.54) is 25.7 Å². The fourth-order valence-corrected chi connectivity index (χ4v) is 3.71. The maximum absolute atomic E-state index is 12.2. The Hall–Kier alpha value is -0.260. The number of carbonyl (C=O) groups excluding carboxylic acids is 1. The smallest absolute Gasteiger partial charge is 0.326 e. The summed E-state index contributed by atoms with van der Waals surface area (Å²) in [4.78, 5) is 12.2. The van der Waals surface area contributed by atoms with E-state index in [0.29, 0.717) is 18.8 Å². The third-order valence-corrected chi connectivity index (χ3v) is 5.00. The second kappa shape index (κ2) is 7.66. The zero-order valence-corrected chi connectivity index (χ0v) is 13.5. The minimum Gasteiger partial charge on any atom is -0.465 e. The summed E-state index contributed by atoms with van der Waals surface area (Å²) in [6, 6.07) is 0.507. The lowest BCUT2D eigenvalue weighted by atomic mass is 9.99. The Bertz CT molecular complexity index is 316. The van der Waals surface area contributed by atoms with Gasteiger partial charge in [0.2, 0.25) is 0 Å². The van der Waals surface area contributed by atoms with Crippen LogP contribution in [0.5, 0.6) is 0 Å². The molecule has 1 saturated carbocycles. The van der Waals surface area contributed by atoms with E-state index in [-0.39, 0.29) is 5.97 Å². The van der Waals surface area contributed by atoms with Crippen LogP contribution < -0.4 is 5.32 Å². The van der Waals surface area contributed by atoms with Gasteiger partial charge in [0.05, 0.1) is 12.7 Å². The zero-order valence-electron chi connectivity index (χ0n) is 12.7. The van der Waals surface area contributed by atoms with Crippen molar-refractivity contribution >= 4 is 17.7 Å². The molecule has 1 aliphatic heterocycles. The number of esters is 1. The van der Waals surface area contributed by atoms with Crippen LogP contribution in [-0.2, 0) is 14.3 Å². The summed E-state index contributed by atoms with van der Waals surface area (Å²) in [5, 5.41) is 3.46. The molecular weight excluding hydrogens is 274 g/mol. The van der Waals surface area contributed by atoms with Crippen molar-refractivity contribution in [2.24, 2.45) is 0 Å². The molecule has 2 unspecified atom stereocenters. The Morgan fingerprint density at radius 2 is 2.25 bits per heavy atom. The van der Waals surface area contributed by atoms with E-state index in [2.05, 4.69) is 5.32 Å². The van der Waals surface area contributed by atoms with E-state index < -0.39 is 5.54 Å². The second-order valence-electron chi connectivity index (χ2n) is 5.93. The largest absolute Gasteiger partial charge is 0.465 e. The maximum atomic E-state index is 12.2. The Labute approximate surface area is 126 Å². The molecule has 2 atom stereocenters. The van der Waals surface area contributed by atoms with Crippen molar-refractivity contribution in [3.05, 3.63) is 0 Å². The SMILES string of the molecule is CCOC(=O)C(C)(CCSCC1CCCO1)NC1CC1. The summed E-state index contributed by atoms with van der Waals surface area (Å²) in [6.45, 7) is 5.20. The van der Waals surface area contributed by atoms with E-state index in [1.54, 1.807) is 0 Å². The molecule has 1 N–H and O–H groups in total. The fraction of sp³-hybridized carbons (Fsp3) is 0.933. The first-order valence-electron chi connectivity index (χ1n) is 7.78. The van der Waals surface area contributed by atoms with Gasteiger partial charge in [0.25, 0.3) is 0 Å². The van der Waals surface area contributed by atoms with Gasteiger partial charge in [-0.1, -0.05) is 0 Å². The number of nitrogens with one attached hydrogen (secondary N) is 1. The highest BCUT2D eigenvalue weighted by Gasteiger charge is 2.39. The van der Waals surface area contributed by atoms with Gasteiger partial charge >= 0.3 is 5.97 Å². The van der Waals surface area contributed by atoms with E-state index >= 15 is 0 Å². The number of rotatable bonds is 9. The minimum atomic E-state index is -0.527. The van der Waals surface area contributed by atoms with E-state index in [0.717, 1.165) is 24.5 Å². The first-order chi connectivity index (χ1) is 9.64. The fourth-order valence-electron chi connectivity index (χ4n) is 2.47. The van der Waals surface area contributed by atoms with E-state index in [9.17, 15) is 4.79 Å². The van der Waals surface area contributed by atoms with Crippen LogP contribution in [0.2, 0.25) is 0 Å². The Balaban J connectivity index is 1.72. The topological polar surface area (TPSA) is 47.6 Å². The molecule has 0 spiro atoms. The van der Waals surface area contributed by atoms with Crippen LogP contribution >= 0.6 is 11.8 Å². The molecule has 4 nitrogen and oxygen atoms in total. The van der Waals surface area contributed by atoms with Gasteiger partial charge < -0.3 is 9.47 Å². The maximum Gasteiger partial charge on any atom is 0.326 e. The van der Waals surface area contributed by atoms with Crippen molar-refractivity contribution in [3.8, 4) is 0 Å². The lowest BCUT2D eigenvalue weighted by Crippen LogP contribution is -2.52. The molecule has 2 aliphatic rings. The van der Waals surface area contributed by atoms with Crippen molar-refractivity contribution in [2.45, 2.75) is 63.6 Å². The van der Waals surface area contributed by atoms with Crippen LogP contribution in [0.3, 0.4) is 0 Å². The average molecular weight is 301 g/mol. The lowest BCUT2D eigenvalue weighted by Gasteiger charge is -2.28. The monoisotopic (exact) mass is 301 g/mol. The molecule has 1 heterocycles. The van der Waals surface area contributed by atoms with Crippen LogP contribution in [0.1, 0.15) is 46.0 Å². The number of hydrogen-bond donors (Lipinski definition) is 1. The zero-order chi connectivity index (χ0) is 14.4. The molecule has 0 radical (unpaired) electrons. The minimum absolute atomic E-state index is 0.107. The molecule has 2 rings (SSSR count). The Kier molecular flexibility index (Phi) is 6.18. The van der Waals surface area contributed by atoms with Gasteiger partial charge in [0.15, 0.2) is 0 Å². The normalized spacial score (nSPS) is 25.4. The molecule has 0 aromatic carbocycles. The van der Waals surface area contributed by atoms with Gasteiger partial charge in [-0.05, 0) is 51.7 Å². The van der Waals surface area contributed by atoms with Gasteiger partial charge in [-0.25, -0.2) is 0 Å². The molecule has 5 heteroatoms. The molecule has 1 saturated heterocycles. The molecule has 0 amide bonds. The molecular formula is C15H27NO3S. The number of ether oxygens (including phenoxy) is 2. The molecule has 0 aromatic heterocycles. The summed E-state index contributed by atoms with van der Waals surface area (Å²) in [7, 11) is 0. The predicted octanol–water partition coefficient (Wildman–Crippen LogP) is 2.36. The van der Waals surface area contributed by atoms with Gasteiger partial charge in [0, 0.05) is 18.4 Å². The highest BCUT2D eigenvalue weighted by molar-refractivity contribution is 7.99. The first-order valence-corrected chi connectivity index (χ1v) is 8.94. The number of carbonyl (C=O) groups is 1. The number of thioether (sulfide) groups is 1. The standard InChI is InChI=1S/C15H27NO3S/c1-3-18-14(17)15(2,16-12-6-7-12)8-10-20-11-13-5-4-9-19-13/h12-13,16H,3-11H2,1-2H3. The average Bonchev–Trinajstić information content (AvgIpc) is 3.07. The summed E-state index contributed by atoms with van der Waals surface area (Å²) in [5.74, 6) is 1.90. The molecule has 0 bridgehead atoms. The van der Waals surface area contributed by atoms with Crippen molar-refractivity contribution in [2.75, 3.05) is 24.7 Å². The quantitative estimate of drug-likeness (QED) is 0.523. The van der Waals surface area contributed by atoms with Crippen LogP contribution in [0, 0.1) is 0 Å². The van der Waals surface area contributed by atoms with Crippen molar-refractivity contribution in [1.82, 2.24) is 5.32 Å². The van der Waals surface area contributed by atoms with Crippen LogP contribution in [-0.4, -0.2) is 48.4 Å². The van der Waals surface area contributed by atoms with Crippen LogP contribution in [0.4, 0.5) is 0 Å². The molecule has 116 valence electrons. The summed E-state index contributed by atoms with van der Waals surface area (Å²) in [6.07, 6.45) is 5.97. The van der Waals surface area contributed by atoms with E-state index in [4.69, 9.17) is 9.47 Å². The third-order valence-electron chi connectivity index (χ3n) is 3.90. The molecule has 0 aromatic rings. The summed E-state index contributed by atoms with van der Waals surface area (Å²) < 4.78 is 10.8. The van der Waals surface area contributed by atoms with E-state index in [1.807, 2.05) is 25.6 Å². The highest BCUT2D eigenvalue weighted by Crippen LogP contribution is 2.26. The van der Waals surface area contributed by atoms with Crippen molar-refractivity contribution in [3.63, 3.8) is 0 Å². The van der Waals surface area contributed by atoms with Gasteiger partial charge in [0.1, 0.15) is 5.54 Å². The Morgan fingerprint density at radius 1 is 1.45 bits per heavy atom. The molecule has 20 heavy (non-hydrogen) atoms. The number of hydrogen-bond acceptors (Lipinski definition) is 5. The highest BCUT2D eigenvalue weighted by atomic mass is 32.2. The van der Waals surface area contributed by atoms with Crippen molar-refractivity contribution in [1.29, 1.82) is 0 Å². The van der Waals surface area contributed by atoms with Crippen LogP contribution in [0.25, 0.3) is 0 Å². The second-order valence-corrected chi connectivity index (χ2v) is 7.08. The summed E-state index contributed by atoms with van der Waals surface area (Å²) >= 11 is 1.89. The Morgan fingerprint density at radius 3 is 2.85 bits per heavy atom. The lowest BCUT2D eigenvalue weighted by molar-refractivity contribution is -0.150. The van der Waals surface area contributed by atoms with Gasteiger partial charge in [-0.2, -0.15) is 11.8 Å². The van der Waals surface area contributed by atoms with Crippen molar-refractivity contribution < 1.29 is 14.3 Å². The van der Waals surface area contributed by atoms with Gasteiger partial charge in [-0.3, -0.25) is 10.1 Å². The first kappa shape index (κ1) is 16.1.